The molecule has 0 amide bonds. The van der Waals surface area contributed by atoms with Crippen molar-refractivity contribution in [3.8, 4) is 11.3 Å². The zero-order valence-corrected chi connectivity index (χ0v) is 14.1. The van der Waals surface area contributed by atoms with Crippen molar-refractivity contribution < 1.29 is 34.4 Å². The first-order chi connectivity index (χ1) is 10.1. The molecular formula is C17H14FIrNO2. The van der Waals surface area contributed by atoms with Crippen LogP contribution in [-0.4, -0.2) is 20.9 Å². The normalized spacial score (nSPS) is 9.36. The van der Waals surface area contributed by atoms with Crippen LogP contribution in [-0.2, 0) is 20.1 Å². The molecule has 3 rings (SSSR count). The largest absolute Gasteiger partial charge is 0.477 e. The Labute approximate surface area is 141 Å². The number of aliphatic carboxylic acids is 1. The third kappa shape index (κ3) is 4.72. The van der Waals surface area contributed by atoms with Crippen LogP contribution in [0, 0.1) is 11.9 Å². The maximum absolute atomic E-state index is 12.9. The predicted molar refractivity (Wildman–Crippen MR) is 81.2 cm³/mol. The summed E-state index contributed by atoms with van der Waals surface area (Å²) >= 11 is 0. The molecule has 0 bridgehead atoms. The molecule has 0 fully saturated rings. The average molecular weight is 476 g/mol. The second-order valence-electron chi connectivity index (χ2n) is 4.35. The number of hydrogen-bond donors (Lipinski definition) is 1. The van der Waals surface area contributed by atoms with Crippen LogP contribution < -0.4 is 0 Å². The summed E-state index contributed by atoms with van der Waals surface area (Å²) in [5, 5.41) is 9.70. The van der Waals surface area contributed by atoms with E-state index in [4.69, 9.17) is 9.90 Å². The molecule has 1 aromatic heterocycles. The van der Waals surface area contributed by atoms with E-state index in [-0.39, 0.29) is 25.9 Å². The van der Waals surface area contributed by atoms with Gasteiger partial charge in [-0.1, -0.05) is 24.3 Å². The molecule has 0 unspecified atom stereocenters. The molecule has 0 atom stereocenters. The fourth-order valence-corrected chi connectivity index (χ4v) is 1.89. The van der Waals surface area contributed by atoms with Gasteiger partial charge in [-0.2, -0.15) is 0 Å². The number of benzene rings is 2. The number of nitrogens with zero attached hydrogens (tertiary/aromatic N) is 1. The number of carboxylic acid groups (broad SMARTS) is 1. The van der Waals surface area contributed by atoms with Crippen LogP contribution in [0.15, 0.2) is 54.7 Å². The molecule has 0 saturated carbocycles. The van der Waals surface area contributed by atoms with Gasteiger partial charge in [0.25, 0.3) is 0 Å². The maximum Gasteiger partial charge on any atom is 0.477 e. The van der Waals surface area contributed by atoms with Crippen molar-refractivity contribution in [2.45, 2.75) is 6.92 Å². The van der Waals surface area contributed by atoms with E-state index in [0.29, 0.717) is 0 Å². The first-order valence-corrected chi connectivity index (χ1v) is 6.31. The molecule has 0 saturated heterocycles. The second-order valence-corrected chi connectivity index (χ2v) is 4.35. The quantitative estimate of drug-likeness (QED) is 0.429. The van der Waals surface area contributed by atoms with E-state index in [1.165, 1.54) is 19.1 Å². The van der Waals surface area contributed by atoms with Crippen LogP contribution in [0.3, 0.4) is 0 Å². The molecule has 115 valence electrons. The van der Waals surface area contributed by atoms with Crippen LogP contribution in [0.4, 0.5) is 4.39 Å². The van der Waals surface area contributed by atoms with Gasteiger partial charge in [-0.25, -0.2) is 0 Å². The monoisotopic (exact) mass is 476 g/mol. The van der Waals surface area contributed by atoms with Crippen LogP contribution in [0.2, 0.25) is 0 Å². The fraction of sp³-hybridized carbons (Fsp3) is 0.0588. The summed E-state index contributed by atoms with van der Waals surface area (Å²) < 4.78 is 12.9. The van der Waals surface area contributed by atoms with Gasteiger partial charge < -0.3 is 14.9 Å². The van der Waals surface area contributed by atoms with E-state index in [1.807, 2.05) is 30.3 Å². The van der Waals surface area contributed by atoms with Crippen molar-refractivity contribution in [3.05, 3.63) is 66.6 Å². The summed E-state index contributed by atoms with van der Waals surface area (Å²) in [6.07, 6.45) is 1.76. The zero-order chi connectivity index (χ0) is 15.2. The number of pyridine rings is 1. The molecule has 1 radical (unpaired) electrons. The second kappa shape index (κ2) is 8.37. The molecule has 2 N–H and O–H groups in total. The molecule has 5 heteroatoms. The number of halogens is 1. The molecule has 3 nitrogen and oxygen atoms in total. The SMILES string of the molecule is CC(O)=[OH+].Fc1c[c-]c(-c2nccc3ccccc23)cc1.[Ir]. The van der Waals surface area contributed by atoms with Gasteiger partial charge in [-0.05, 0) is 22.5 Å². The summed E-state index contributed by atoms with van der Waals surface area (Å²) in [4.78, 5) is 11.9. The van der Waals surface area contributed by atoms with Crippen LogP contribution in [0.5, 0.6) is 0 Å². The molecule has 1 heterocycles. The predicted octanol–water partition coefficient (Wildman–Crippen LogP) is 3.91. The van der Waals surface area contributed by atoms with Crippen molar-refractivity contribution in [1.29, 1.82) is 0 Å². The first-order valence-electron chi connectivity index (χ1n) is 6.31. The minimum absolute atomic E-state index is 0. The summed E-state index contributed by atoms with van der Waals surface area (Å²) in [5.74, 6) is -0.867. The summed E-state index contributed by atoms with van der Waals surface area (Å²) in [7, 11) is 0. The van der Waals surface area contributed by atoms with Gasteiger partial charge in [-0.3, -0.25) is 4.39 Å². The Bertz CT molecular complexity index is 751. The number of carboxylic acids is 1. The van der Waals surface area contributed by atoms with Crippen molar-refractivity contribution in [1.82, 2.24) is 4.98 Å². The van der Waals surface area contributed by atoms with Crippen molar-refractivity contribution >= 4 is 16.7 Å². The van der Waals surface area contributed by atoms with Crippen molar-refractivity contribution in [2.75, 3.05) is 0 Å². The molecule has 0 spiro atoms. The minimum atomic E-state index is -0.583. The number of aliphatic hydroxyl groups excluding tert-OH is 1. The van der Waals surface area contributed by atoms with Crippen LogP contribution in [0.1, 0.15) is 6.92 Å². The molecule has 0 aliphatic carbocycles. The Morgan fingerprint density at radius 1 is 1.18 bits per heavy atom. The average Bonchev–Trinajstić information content (AvgIpc) is 2.47. The summed E-state index contributed by atoms with van der Waals surface area (Å²) in [5.41, 5.74) is 1.64. The summed E-state index contributed by atoms with van der Waals surface area (Å²) in [6.45, 7) is 1.19. The fourth-order valence-electron chi connectivity index (χ4n) is 1.89. The van der Waals surface area contributed by atoms with E-state index in [0.717, 1.165) is 22.0 Å². The van der Waals surface area contributed by atoms with Gasteiger partial charge in [0.15, 0.2) is 0 Å². The van der Waals surface area contributed by atoms with Gasteiger partial charge >= 0.3 is 5.97 Å². The standard InChI is InChI=1S/C15H9FN.C2H4O2.Ir/c16-13-7-5-12(6-8-13)15-14-4-2-1-3-11(14)9-10-17-15;1-2(3)4;/h1-5,7-10H;1H3,(H,3,4);/q-1;;/p+1. The van der Waals surface area contributed by atoms with E-state index in [2.05, 4.69) is 11.1 Å². The Hall–Kier alpha value is -2.10. The maximum atomic E-state index is 12.9. The van der Waals surface area contributed by atoms with Gasteiger partial charge in [0, 0.05) is 32.1 Å². The van der Waals surface area contributed by atoms with Crippen LogP contribution in [0.25, 0.3) is 22.0 Å². The third-order valence-electron chi connectivity index (χ3n) is 2.70. The molecule has 2 aromatic carbocycles. The van der Waals surface area contributed by atoms with Crippen molar-refractivity contribution in [3.63, 3.8) is 0 Å². The molecule has 22 heavy (non-hydrogen) atoms. The van der Waals surface area contributed by atoms with Gasteiger partial charge in [-0.15, -0.1) is 29.8 Å². The topological polar surface area (TPSA) is 54.5 Å². The van der Waals surface area contributed by atoms with E-state index in [1.54, 1.807) is 12.3 Å². The number of fused-ring (bicyclic) bond motifs is 1. The molecular weight excluding hydrogens is 461 g/mol. The van der Waals surface area contributed by atoms with Crippen LogP contribution >= 0.6 is 0 Å². The molecule has 0 aliphatic heterocycles. The Morgan fingerprint density at radius 2 is 1.86 bits per heavy atom. The minimum Gasteiger partial charge on any atom is -0.339 e. The number of aromatic nitrogens is 1. The summed E-state index contributed by atoms with van der Waals surface area (Å²) in [6, 6.07) is 17.3. The van der Waals surface area contributed by atoms with E-state index >= 15 is 0 Å². The molecule has 3 aromatic rings. The number of hydrogen-bond acceptors (Lipinski definition) is 1. The van der Waals surface area contributed by atoms with E-state index < -0.39 is 5.97 Å². The van der Waals surface area contributed by atoms with Gasteiger partial charge in [0.2, 0.25) is 0 Å². The molecule has 0 aliphatic rings. The first kappa shape index (κ1) is 17.9. The Balaban J connectivity index is 0.000000436. The van der Waals surface area contributed by atoms with Gasteiger partial charge in [0.05, 0.1) is 6.92 Å². The van der Waals surface area contributed by atoms with E-state index in [9.17, 15) is 4.39 Å². The smallest absolute Gasteiger partial charge is 0.339 e. The van der Waals surface area contributed by atoms with Gasteiger partial charge in [0.1, 0.15) is 0 Å². The third-order valence-corrected chi connectivity index (χ3v) is 2.70. The Kier molecular flexibility index (Phi) is 6.83. The Morgan fingerprint density at radius 3 is 2.50 bits per heavy atom. The number of rotatable bonds is 1. The van der Waals surface area contributed by atoms with Crippen molar-refractivity contribution in [2.24, 2.45) is 0 Å². The zero-order valence-electron chi connectivity index (χ0n) is 11.7.